The molecule has 2 heterocycles. The van der Waals surface area contributed by atoms with Gasteiger partial charge in [0.1, 0.15) is 29.5 Å². The highest BCUT2D eigenvalue weighted by Gasteiger charge is 2.83. The maximum atomic E-state index is 13.3. The van der Waals surface area contributed by atoms with Crippen molar-refractivity contribution in [2.45, 2.75) is 102 Å². The summed E-state index contributed by atoms with van der Waals surface area (Å²) in [5.41, 5.74) is -1.83. The van der Waals surface area contributed by atoms with Gasteiger partial charge in [0.05, 0.1) is 11.5 Å². The fourth-order valence-electron chi connectivity index (χ4n) is 9.54. The second-order valence-corrected chi connectivity index (χ2v) is 12.9. The van der Waals surface area contributed by atoms with E-state index in [1.165, 1.54) is 12.2 Å². The van der Waals surface area contributed by atoms with Crippen LogP contribution in [-0.2, 0) is 19.1 Å². The van der Waals surface area contributed by atoms with Crippen LogP contribution in [0.25, 0.3) is 0 Å². The van der Waals surface area contributed by atoms with Crippen LogP contribution in [0.15, 0.2) is 23.3 Å². The molecular weight excluding hydrogens is 448 g/mol. The monoisotopic (exact) mass is 486 g/mol. The molecule has 3 N–H and O–H groups in total. The number of ketones is 1. The first-order chi connectivity index (χ1) is 16.3. The largest absolute Gasteiger partial charge is 0.456 e. The summed E-state index contributed by atoms with van der Waals surface area (Å²) >= 11 is 0. The Bertz CT molecular complexity index is 1060. The molecule has 6 aliphatic rings. The lowest BCUT2D eigenvalue weighted by atomic mass is 9.43. The lowest BCUT2D eigenvalue weighted by molar-refractivity contribution is -0.190. The fraction of sp³-hybridized carbons (Fsp3) is 0.786. The molecule has 1 saturated heterocycles. The molecule has 192 valence electrons. The van der Waals surface area contributed by atoms with Crippen LogP contribution in [0.5, 0.6) is 0 Å². The van der Waals surface area contributed by atoms with Gasteiger partial charge in [0, 0.05) is 12.0 Å². The van der Waals surface area contributed by atoms with E-state index in [9.17, 15) is 24.9 Å². The number of allylic oxidation sites excluding steroid dienone is 1. The van der Waals surface area contributed by atoms with Crippen molar-refractivity contribution in [2.24, 2.45) is 34.5 Å². The zero-order chi connectivity index (χ0) is 25.3. The van der Waals surface area contributed by atoms with E-state index in [0.717, 1.165) is 24.8 Å². The summed E-state index contributed by atoms with van der Waals surface area (Å²) in [6.07, 6.45) is 3.79. The van der Waals surface area contributed by atoms with Gasteiger partial charge in [-0.2, -0.15) is 0 Å². The average molecular weight is 487 g/mol. The number of hydrogen-bond acceptors (Lipinski definition) is 7. The van der Waals surface area contributed by atoms with Gasteiger partial charge in [-0.25, -0.2) is 4.79 Å². The standard InChI is InChI=1S/C28H38O7/c1-13-12-20(34-24(32)14(13)2)27(5,33)17-7-6-15-21-16(10-11-25(15,17)3)26(4)18(29)8-9-19(30)28(26)23(35-28)22(21)31/h8-9,15-17,19-23,30-31,33H,6-7,10-12H2,1-5H3/t15-,16-,17-,19-,20+,21-,22+,23+,25-,26-,27+,28+/m0/s1. The number of ether oxygens (including phenoxy) is 2. The SMILES string of the molecule is CC1=C(C)C(=O)O[C@@H]([C@](C)(O)[C@H]2CC[C@H]3[C@@H]4[C@@H](O)[C@H]5O[C@]56[C@@H](O)C=CC(=O)[C@]6(C)[C@H]4CC[C@]23C)C1. The third-order valence-electron chi connectivity index (χ3n) is 11.7. The van der Waals surface area contributed by atoms with Crippen LogP contribution in [-0.4, -0.2) is 62.7 Å². The van der Waals surface area contributed by atoms with E-state index < -0.39 is 41.0 Å². The molecule has 7 nitrogen and oxygen atoms in total. The molecular formula is C28H38O7. The van der Waals surface area contributed by atoms with Crippen molar-refractivity contribution in [1.82, 2.24) is 0 Å². The van der Waals surface area contributed by atoms with Crippen LogP contribution in [0, 0.1) is 34.5 Å². The van der Waals surface area contributed by atoms with Gasteiger partial charge in [0.25, 0.3) is 0 Å². The third kappa shape index (κ3) is 2.66. The molecule has 7 heteroatoms. The number of carbonyl (C=O) groups excluding carboxylic acids is 2. The van der Waals surface area contributed by atoms with Crippen molar-refractivity contribution in [3.05, 3.63) is 23.3 Å². The van der Waals surface area contributed by atoms with E-state index in [1.807, 2.05) is 20.8 Å². The third-order valence-corrected chi connectivity index (χ3v) is 11.7. The molecule has 0 radical (unpaired) electrons. The van der Waals surface area contributed by atoms with Crippen LogP contribution in [0.2, 0.25) is 0 Å². The Labute approximate surface area is 206 Å². The number of rotatable bonds is 2. The Kier molecular flexibility index (Phi) is 4.81. The lowest BCUT2D eigenvalue weighted by Gasteiger charge is -2.59. The molecule has 3 saturated carbocycles. The zero-order valence-electron chi connectivity index (χ0n) is 21.3. The zero-order valence-corrected chi connectivity index (χ0v) is 21.3. The maximum absolute atomic E-state index is 13.3. The van der Waals surface area contributed by atoms with Gasteiger partial charge in [-0.15, -0.1) is 0 Å². The first-order valence-electron chi connectivity index (χ1n) is 13.2. The minimum Gasteiger partial charge on any atom is -0.456 e. The lowest BCUT2D eigenvalue weighted by Crippen LogP contribution is -2.67. The van der Waals surface area contributed by atoms with Crippen molar-refractivity contribution in [1.29, 1.82) is 0 Å². The molecule has 12 atom stereocenters. The number of hydrogen-bond donors (Lipinski definition) is 3. The van der Waals surface area contributed by atoms with Crippen molar-refractivity contribution >= 4 is 11.8 Å². The van der Waals surface area contributed by atoms with E-state index in [-0.39, 0.29) is 40.8 Å². The van der Waals surface area contributed by atoms with Crippen LogP contribution >= 0.6 is 0 Å². The Morgan fingerprint density at radius 2 is 1.80 bits per heavy atom. The molecule has 6 rings (SSSR count). The Morgan fingerprint density at radius 1 is 1.09 bits per heavy atom. The molecule has 0 bridgehead atoms. The number of cyclic esters (lactones) is 1. The molecule has 0 aromatic carbocycles. The van der Waals surface area contributed by atoms with Gasteiger partial charge in [0.15, 0.2) is 5.78 Å². The number of aliphatic hydroxyl groups is 3. The van der Waals surface area contributed by atoms with Gasteiger partial charge < -0.3 is 24.8 Å². The molecule has 4 fully saturated rings. The summed E-state index contributed by atoms with van der Waals surface area (Å²) in [7, 11) is 0. The Morgan fingerprint density at radius 3 is 2.49 bits per heavy atom. The van der Waals surface area contributed by atoms with E-state index in [0.29, 0.717) is 18.4 Å². The summed E-state index contributed by atoms with van der Waals surface area (Å²) in [4.78, 5) is 25.8. The molecule has 1 spiro atoms. The number of esters is 1. The predicted molar refractivity (Wildman–Crippen MR) is 126 cm³/mol. The normalized spacial score (nSPS) is 54.3. The van der Waals surface area contributed by atoms with Gasteiger partial charge in [0.2, 0.25) is 0 Å². The molecule has 35 heavy (non-hydrogen) atoms. The maximum Gasteiger partial charge on any atom is 0.334 e. The van der Waals surface area contributed by atoms with E-state index in [2.05, 4.69) is 6.92 Å². The second kappa shape index (κ2) is 7.06. The van der Waals surface area contributed by atoms with E-state index in [4.69, 9.17) is 9.47 Å². The van der Waals surface area contributed by atoms with Crippen LogP contribution < -0.4 is 0 Å². The second-order valence-electron chi connectivity index (χ2n) is 12.9. The highest BCUT2D eigenvalue weighted by molar-refractivity contribution is 5.98. The van der Waals surface area contributed by atoms with Crippen molar-refractivity contribution in [2.75, 3.05) is 0 Å². The van der Waals surface area contributed by atoms with Crippen LogP contribution in [0.4, 0.5) is 0 Å². The number of fused-ring (bicyclic) bond motifs is 4. The number of aliphatic hydroxyl groups excluding tert-OH is 2. The van der Waals surface area contributed by atoms with Gasteiger partial charge in [-0.3, -0.25) is 4.79 Å². The van der Waals surface area contributed by atoms with Crippen molar-refractivity contribution in [3.8, 4) is 0 Å². The first kappa shape index (κ1) is 23.8. The minimum absolute atomic E-state index is 0.0240. The van der Waals surface area contributed by atoms with Crippen molar-refractivity contribution in [3.63, 3.8) is 0 Å². The quantitative estimate of drug-likeness (QED) is 0.406. The Balaban J connectivity index is 1.34. The summed E-state index contributed by atoms with van der Waals surface area (Å²) in [5, 5.41) is 34.3. The topological polar surface area (TPSA) is 117 Å². The molecule has 0 aromatic rings. The summed E-state index contributed by atoms with van der Waals surface area (Å²) in [5.74, 6) is -0.651. The highest BCUT2D eigenvalue weighted by atomic mass is 16.6. The molecule has 4 aliphatic carbocycles. The highest BCUT2D eigenvalue weighted by Crippen LogP contribution is 2.73. The molecule has 0 aromatic heterocycles. The molecule has 2 aliphatic heterocycles. The van der Waals surface area contributed by atoms with Gasteiger partial charge >= 0.3 is 5.97 Å². The predicted octanol–water partition coefficient (Wildman–Crippen LogP) is 2.47. The van der Waals surface area contributed by atoms with Crippen LogP contribution in [0.3, 0.4) is 0 Å². The number of carbonyl (C=O) groups is 2. The van der Waals surface area contributed by atoms with Crippen LogP contribution in [0.1, 0.15) is 66.7 Å². The smallest absolute Gasteiger partial charge is 0.334 e. The Hall–Kier alpha value is -1.54. The fourth-order valence-corrected chi connectivity index (χ4v) is 9.54. The van der Waals surface area contributed by atoms with Gasteiger partial charge in [-0.05, 0) is 94.6 Å². The number of epoxide rings is 1. The average Bonchev–Trinajstić information content (AvgIpc) is 3.47. The summed E-state index contributed by atoms with van der Waals surface area (Å²) < 4.78 is 11.8. The molecule has 0 unspecified atom stereocenters. The molecule has 0 amide bonds. The minimum atomic E-state index is -1.21. The summed E-state index contributed by atoms with van der Waals surface area (Å²) in [6.45, 7) is 9.63. The first-order valence-corrected chi connectivity index (χ1v) is 13.2. The summed E-state index contributed by atoms with van der Waals surface area (Å²) in [6, 6.07) is 0. The van der Waals surface area contributed by atoms with E-state index in [1.54, 1.807) is 6.92 Å². The van der Waals surface area contributed by atoms with Gasteiger partial charge in [-0.1, -0.05) is 12.5 Å². The van der Waals surface area contributed by atoms with Crippen molar-refractivity contribution < 1.29 is 34.4 Å². The van der Waals surface area contributed by atoms with E-state index >= 15 is 0 Å².